The number of hydrogen-bond acceptors (Lipinski definition) is 3. The molecular weight excluding hydrogens is 310 g/mol. The van der Waals surface area contributed by atoms with Crippen molar-refractivity contribution >= 4 is 11.6 Å². The van der Waals surface area contributed by atoms with Gasteiger partial charge in [-0.05, 0) is 36.6 Å². The van der Waals surface area contributed by atoms with Gasteiger partial charge in [0.25, 0.3) is 0 Å². The number of rotatable bonds is 7. The van der Waals surface area contributed by atoms with Crippen LogP contribution in [0.3, 0.4) is 0 Å². The number of ether oxygens (including phenoxy) is 2. The Balaban J connectivity index is 1.44. The first-order chi connectivity index (χ1) is 11.3. The largest absolute Gasteiger partial charge is 0.489 e. The minimum atomic E-state index is 0.383. The lowest BCUT2D eigenvalue weighted by molar-refractivity contribution is 0.110. The molecule has 0 aromatic heterocycles. The molecule has 3 nitrogen and oxygen atoms in total. The van der Waals surface area contributed by atoms with Crippen LogP contribution in [0.25, 0.3) is 0 Å². The fraction of sp³-hybridized carbons (Fsp3) is 0.368. The Kier molecular flexibility index (Phi) is 5.92. The first-order valence-corrected chi connectivity index (χ1v) is 8.46. The number of benzene rings is 2. The van der Waals surface area contributed by atoms with Gasteiger partial charge in [-0.2, -0.15) is 0 Å². The summed E-state index contributed by atoms with van der Waals surface area (Å²) >= 11 is 6.13. The summed E-state index contributed by atoms with van der Waals surface area (Å²) in [6.07, 6.45) is 2.74. The van der Waals surface area contributed by atoms with E-state index in [2.05, 4.69) is 17.4 Å². The molecule has 0 unspecified atom stereocenters. The van der Waals surface area contributed by atoms with Crippen LogP contribution in [-0.4, -0.2) is 19.3 Å². The van der Waals surface area contributed by atoms with E-state index < -0.39 is 0 Å². The van der Waals surface area contributed by atoms with Gasteiger partial charge in [-0.25, -0.2) is 0 Å². The van der Waals surface area contributed by atoms with E-state index in [9.17, 15) is 0 Å². The van der Waals surface area contributed by atoms with E-state index in [1.165, 1.54) is 18.4 Å². The number of halogens is 1. The predicted octanol–water partition coefficient (Wildman–Crippen LogP) is 4.19. The van der Waals surface area contributed by atoms with Gasteiger partial charge in [0.15, 0.2) is 0 Å². The third-order valence-electron chi connectivity index (χ3n) is 4.00. The molecule has 23 heavy (non-hydrogen) atoms. The lowest BCUT2D eigenvalue weighted by Gasteiger charge is -2.11. The predicted molar refractivity (Wildman–Crippen MR) is 92.9 cm³/mol. The molecule has 122 valence electrons. The van der Waals surface area contributed by atoms with E-state index in [0.29, 0.717) is 12.7 Å². The molecule has 3 rings (SSSR count). The van der Waals surface area contributed by atoms with Crippen LogP contribution in [0.5, 0.6) is 5.75 Å². The monoisotopic (exact) mass is 331 g/mol. The summed E-state index contributed by atoms with van der Waals surface area (Å²) in [6, 6.07) is 15.9. The molecule has 0 radical (unpaired) electrons. The third kappa shape index (κ3) is 4.96. The molecule has 1 fully saturated rings. The Morgan fingerprint density at radius 1 is 1.13 bits per heavy atom. The van der Waals surface area contributed by atoms with Crippen molar-refractivity contribution in [3.63, 3.8) is 0 Å². The average molecular weight is 332 g/mol. The zero-order valence-electron chi connectivity index (χ0n) is 13.1. The molecule has 1 aliphatic rings. The highest BCUT2D eigenvalue weighted by Crippen LogP contribution is 2.19. The summed E-state index contributed by atoms with van der Waals surface area (Å²) in [5.41, 5.74) is 2.24. The zero-order valence-corrected chi connectivity index (χ0v) is 13.9. The van der Waals surface area contributed by atoms with E-state index in [0.717, 1.165) is 36.0 Å². The van der Waals surface area contributed by atoms with Gasteiger partial charge < -0.3 is 14.8 Å². The lowest BCUT2D eigenvalue weighted by Crippen LogP contribution is -2.25. The summed E-state index contributed by atoms with van der Waals surface area (Å²) in [4.78, 5) is 0. The van der Waals surface area contributed by atoms with E-state index in [-0.39, 0.29) is 0 Å². The van der Waals surface area contributed by atoms with Crippen molar-refractivity contribution in [2.45, 2.75) is 32.1 Å². The second-order valence-electron chi connectivity index (χ2n) is 5.79. The van der Waals surface area contributed by atoms with Crippen LogP contribution in [0, 0.1) is 0 Å². The van der Waals surface area contributed by atoms with Gasteiger partial charge in [0.05, 0.1) is 6.10 Å². The Hall–Kier alpha value is -1.55. The highest BCUT2D eigenvalue weighted by Gasteiger charge is 2.14. The van der Waals surface area contributed by atoms with Gasteiger partial charge in [0, 0.05) is 30.3 Å². The lowest BCUT2D eigenvalue weighted by atomic mass is 10.2. The molecule has 1 atom stereocenters. The molecule has 0 bridgehead atoms. The number of hydrogen-bond donors (Lipinski definition) is 1. The van der Waals surface area contributed by atoms with E-state index in [4.69, 9.17) is 21.1 Å². The maximum atomic E-state index is 6.13. The molecule has 1 heterocycles. The SMILES string of the molecule is Clc1ccccc1COc1ccc(CNC[C@H]2CCCO2)cc1. The van der Waals surface area contributed by atoms with Crippen molar-refractivity contribution < 1.29 is 9.47 Å². The highest BCUT2D eigenvalue weighted by molar-refractivity contribution is 6.31. The summed E-state index contributed by atoms with van der Waals surface area (Å²) in [5, 5.41) is 4.18. The highest BCUT2D eigenvalue weighted by atomic mass is 35.5. The van der Waals surface area contributed by atoms with E-state index in [1.807, 2.05) is 36.4 Å². The van der Waals surface area contributed by atoms with Crippen molar-refractivity contribution in [2.24, 2.45) is 0 Å². The maximum Gasteiger partial charge on any atom is 0.119 e. The molecule has 0 saturated carbocycles. The average Bonchev–Trinajstić information content (AvgIpc) is 3.09. The van der Waals surface area contributed by atoms with Crippen LogP contribution in [0.4, 0.5) is 0 Å². The normalized spacial score (nSPS) is 17.3. The van der Waals surface area contributed by atoms with Crippen LogP contribution in [-0.2, 0) is 17.9 Å². The van der Waals surface area contributed by atoms with Gasteiger partial charge in [-0.3, -0.25) is 0 Å². The van der Waals surface area contributed by atoms with E-state index >= 15 is 0 Å². The van der Waals surface area contributed by atoms with Gasteiger partial charge in [0.2, 0.25) is 0 Å². The van der Waals surface area contributed by atoms with Crippen LogP contribution >= 0.6 is 11.6 Å². The van der Waals surface area contributed by atoms with Crippen molar-refractivity contribution in [3.05, 3.63) is 64.7 Å². The fourth-order valence-electron chi connectivity index (χ4n) is 2.66. The van der Waals surface area contributed by atoms with Gasteiger partial charge in [-0.15, -0.1) is 0 Å². The number of nitrogens with one attached hydrogen (secondary N) is 1. The summed E-state index contributed by atoms with van der Waals surface area (Å²) < 4.78 is 11.4. The summed E-state index contributed by atoms with van der Waals surface area (Å²) in [7, 11) is 0. The van der Waals surface area contributed by atoms with E-state index in [1.54, 1.807) is 0 Å². The molecule has 1 saturated heterocycles. The third-order valence-corrected chi connectivity index (χ3v) is 4.37. The Morgan fingerprint density at radius 2 is 1.96 bits per heavy atom. The first kappa shape index (κ1) is 16.3. The van der Waals surface area contributed by atoms with Gasteiger partial charge >= 0.3 is 0 Å². The second-order valence-corrected chi connectivity index (χ2v) is 6.20. The van der Waals surface area contributed by atoms with Gasteiger partial charge in [-0.1, -0.05) is 41.9 Å². The molecule has 0 amide bonds. The zero-order chi connectivity index (χ0) is 15.9. The minimum Gasteiger partial charge on any atom is -0.489 e. The van der Waals surface area contributed by atoms with Crippen LogP contribution in [0.2, 0.25) is 5.02 Å². The second kappa shape index (κ2) is 8.34. The van der Waals surface area contributed by atoms with Crippen molar-refractivity contribution in [2.75, 3.05) is 13.2 Å². The fourth-order valence-corrected chi connectivity index (χ4v) is 2.85. The molecular formula is C19H22ClNO2. The quantitative estimate of drug-likeness (QED) is 0.825. The van der Waals surface area contributed by atoms with Gasteiger partial charge in [0.1, 0.15) is 12.4 Å². The molecule has 0 aliphatic carbocycles. The Morgan fingerprint density at radius 3 is 2.70 bits per heavy atom. The van der Waals surface area contributed by atoms with Crippen molar-refractivity contribution in [1.29, 1.82) is 0 Å². The smallest absolute Gasteiger partial charge is 0.119 e. The van der Waals surface area contributed by atoms with Crippen molar-refractivity contribution in [3.8, 4) is 5.75 Å². The van der Waals surface area contributed by atoms with Crippen LogP contribution in [0.1, 0.15) is 24.0 Å². The molecule has 2 aromatic carbocycles. The topological polar surface area (TPSA) is 30.5 Å². The molecule has 4 heteroatoms. The molecule has 2 aromatic rings. The standard InChI is InChI=1S/C19H22ClNO2/c20-19-6-2-1-4-16(19)14-23-17-9-7-15(8-10-17)12-21-13-18-5-3-11-22-18/h1-2,4,6-10,18,21H,3,5,11-14H2/t18-/m1/s1. The molecule has 1 N–H and O–H groups in total. The van der Waals surface area contributed by atoms with Crippen LogP contribution in [0.15, 0.2) is 48.5 Å². The Bertz CT molecular complexity index is 609. The first-order valence-electron chi connectivity index (χ1n) is 8.09. The van der Waals surface area contributed by atoms with Crippen molar-refractivity contribution in [1.82, 2.24) is 5.32 Å². The maximum absolute atomic E-state index is 6.13. The summed E-state index contributed by atoms with van der Waals surface area (Å²) in [5.74, 6) is 0.854. The molecule has 1 aliphatic heterocycles. The van der Waals surface area contributed by atoms with Crippen LogP contribution < -0.4 is 10.1 Å². The summed E-state index contributed by atoms with van der Waals surface area (Å²) in [6.45, 7) is 3.16. The molecule has 0 spiro atoms. The minimum absolute atomic E-state index is 0.383. The Labute approximate surface area is 142 Å².